The van der Waals surface area contributed by atoms with Gasteiger partial charge < -0.3 is 36.5 Å². The Bertz CT molecular complexity index is 150. The summed E-state index contributed by atoms with van der Waals surface area (Å²) in [5.74, 6) is 0. The van der Waals surface area contributed by atoms with Crippen molar-refractivity contribution in [3.05, 3.63) is 0 Å². The Morgan fingerprint density at radius 2 is 0.533 bits per heavy atom. The Hall–Kier alpha value is 5.22. The first-order valence-corrected chi connectivity index (χ1v) is 4.70. The molecule has 0 fully saturated rings. The molecule has 0 rings (SSSR count). The van der Waals surface area contributed by atoms with E-state index < -0.39 is 15.6 Å². The Labute approximate surface area is 205 Å². The zero-order chi connectivity index (χ0) is 9.00. The first kappa shape index (κ1) is 42.7. The van der Waals surface area contributed by atoms with E-state index in [2.05, 4.69) is 0 Å². The largest absolute Gasteiger partial charge is 1.00 e. The van der Waals surface area contributed by atoms with Crippen molar-refractivity contribution >= 4 is 15.6 Å². The fourth-order valence-electron chi connectivity index (χ4n) is 0. The normalized spacial score (nSPS) is 7.87. The van der Waals surface area contributed by atoms with E-state index in [1.165, 1.54) is 0 Å². The van der Waals surface area contributed by atoms with Crippen LogP contribution in [0.5, 0.6) is 0 Å². The Kier molecular flexibility index (Phi) is 61.3. The van der Waals surface area contributed by atoms with Gasteiger partial charge in [-0.15, -0.1) is 0 Å². The average Bonchev–Trinajstić information content (AvgIpc) is 1.12. The van der Waals surface area contributed by atoms with E-state index in [0.717, 1.165) is 0 Å². The van der Waals surface area contributed by atoms with Crippen molar-refractivity contribution in [1.82, 2.24) is 0 Å². The molecular formula is H11Na5O8P2. The molecule has 0 unspecified atom stereocenters. The van der Waals surface area contributed by atoms with Gasteiger partial charge in [-0.25, -0.2) is 9.13 Å². The molecule has 15 heavy (non-hydrogen) atoms. The van der Waals surface area contributed by atoms with Crippen LogP contribution in [0.1, 0.15) is 7.13 Å². The molecule has 74 valence electrons. The molecule has 0 bridgehead atoms. The molecule has 0 heterocycles. The van der Waals surface area contributed by atoms with E-state index in [9.17, 15) is 0 Å². The van der Waals surface area contributed by atoms with Crippen molar-refractivity contribution < 1.29 is 193 Å². The minimum atomic E-state index is -4.64. The zero-order valence-electron chi connectivity index (χ0n) is 14.4. The molecule has 0 radical (unpaired) electrons. The van der Waals surface area contributed by atoms with E-state index in [0.29, 0.717) is 0 Å². The van der Waals surface area contributed by atoms with Crippen molar-refractivity contribution in [1.29, 1.82) is 0 Å². The number of hydrogen-bond donors (Lipinski definition) is 6. The molecule has 0 saturated carbocycles. The van der Waals surface area contributed by atoms with Crippen LogP contribution < -0.4 is 148 Å². The van der Waals surface area contributed by atoms with E-state index in [-0.39, 0.29) is 155 Å². The number of hydrogen-bond acceptors (Lipinski definition) is 2. The van der Waals surface area contributed by atoms with Gasteiger partial charge in [-0.3, -0.25) is 0 Å². The predicted octanol–water partition coefficient (Wildman–Crippen LogP) is -16.3. The van der Waals surface area contributed by atoms with E-state index in [1.54, 1.807) is 0 Å². The van der Waals surface area contributed by atoms with Crippen LogP contribution in [0.25, 0.3) is 0 Å². The van der Waals surface area contributed by atoms with Crippen LogP contribution in [-0.2, 0) is 9.13 Å². The fourth-order valence-corrected chi connectivity index (χ4v) is 0. The van der Waals surface area contributed by atoms with Crippen LogP contribution in [0.15, 0.2) is 0 Å². The average molecular weight is 316 g/mol. The van der Waals surface area contributed by atoms with Gasteiger partial charge >= 0.3 is 163 Å². The molecule has 0 spiro atoms. The van der Waals surface area contributed by atoms with E-state index in [1.807, 2.05) is 0 Å². The molecule has 0 aromatic carbocycles. The van der Waals surface area contributed by atoms with Crippen LogP contribution in [0.4, 0.5) is 0 Å². The molecule has 0 aromatic rings. The second kappa shape index (κ2) is 21.5. The molecule has 0 saturated heterocycles. The van der Waals surface area contributed by atoms with Crippen LogP contribution in [0, 0.1) is 0 Å². The molecule has 0 amide bonds. The van der Waals surface area contributed by atoms with E-state index >= 15 is 0 Å². The summed E-state index contributed by atoms with van der Waals surface area (Å²) in [6.45, 7) is 0. The third kappa shape index (κ3) is 209. The van der Waals surface area contributed by atoms with Crippen molar-refractivity contribution in [3.63, 3.8) is 0 Å². The third-order valence-electron chi connectivity index (χ3n) is 0. The van der Waals surface area contributed by atoms with Crippen LogP contribution in [0.2, 0.25) is 0 Å². The molecule has 8 nitrogen and oxygen atoms in total. The van der Waals surface area contributed by atoms with Gasteiger partial charge in [0.15, 0.2) is 0 Å². The van der Waals surface area contributed by atoms with Crippen LogP contribution in [-0.4, -0.2) is 29.4 Å². The summed E-state index contributed by atoms with van der Waals surface area (Å²) in [5.41, 5.74) is 0. The fraction of sp³-hybridized carbons (Fsp3) is 0. The molecule has 0 aromatic heterocycles. The van der Waals surface area contributed by atoms with Gasteiger partial charge in [0.1, 0.15) is 0 Å². The summed E-state index contributed by atoms with van der Waals surface area (Å²) < 4.78 is 17.8. The molecule has 6 N–H and O–H groups in total. The minimum absolute atomic E-state index is 0. The van der Waals surface area contributed by atoms with Gasteiger partial charge in [-0.1, -0.05) is 0 Å². The maximum atomic E-state index is 8.88. The first-order valence-electron chi connectivity index (χ1n) is 1.57. The maximum Gasteiger partial charge on any atom is 1.00 e. The smallest absolute Gasteiger partial charge is 1.00 e. The van der Waals surface area contributed by atoms with Crippen molar-refractivity contribution in [2.45, 2.75) is 0 Å². The summed E-state index contributed by atoms with van der Waals surface area (Å²) in [5, 5.41) is 0. The van der Waals surface area contributed by atoms with Gasteiger partial charge in [0.25, 0.3) is 0 Å². The van der Waals surface area contributed by atoms with Gasteiger partial charge in [0, 0.05) is 0 Å². The standard InChI is InChI=1S/5Na.2H3O4P.5H/c;;;;;2*1-5(2,3)4;;;;;/h;;;;;2*(H3,1,2,3,4);;;;;/q5*+1;;;5*-1. The quantitative estimate of drug-likeness (QED) is 0.190. The topological polar surface area (TPSA) is 156 Å². The second-order valence-corrected chi connectivity index (χ2v) is 3.08. The second-order valence-electron chi connectivity index (χ2n) is 1.03. The van der Waals surface area contributed by atoms with Gasteiger partial charge in [0.2, 0.25) is 0 Å². The van der Waals surface area contributed by atoms with Crippen LogP contribution >= 0.6 is 15.6 Å². The van der Waals surface area contributed by atoms with Crippen molar-refractivity contribution in [2.75, 3.05) is 0 Å². The van der Waals surface area contributed by atoms with Crippen molar-refractivity contribution in [2.24, 2.45) is 0 Å². The predicted molar refractivity (Wildman–Crippen MR) is 34.1 cm³/mol. The first-order chi connectivity index (χ1) is 4.00. The summed E-state index contributed by atoms with van der Waals surface area (Å²) in [6, 6.07) is 0. The molecule has 15 heteroatoms. The Morgan fingerprint density at radius 3 is 0.533 bits per heavy atom. The molecule has 0 atom stereocenters. The summed E-state index contributed by atoms with van der Waals surface area (Å²) >= 11 is 0. The zero-order valence-corrected chi connectivity index (χ0v) is 21.2. The summed E-state index contributed by atoms with van der Waals surface area (Å²) in [4.78, 5) is 43.1. The SMILES string of the molecule is O=P(O)(O)O.O=P(O)(O)O.[H-].[H-].[H-].[H-].[H-].[Na+].[Na+].[Na+].[Na+].[Na+]. The molecular weight excluding hydrogens is 305 g/mol. The summed E-state index contributed by atoms with van der Waals surface area (Å²) in [7, 11) is -9.28. The molecule has 0 aliphatic carbocycles. The maximum absolute atomic E-state index is 8.88. The Morgan fingerprint density at radius 1 is 0.533 bits per heavy atom. The van der Waals surface area contributed by atoms with Gasteiger partial charge in [0.05, 0.1) is 0 Å². The number of rotatable bonds is 0. The summed E-state index contributed by atoms with van der Waals surface area (Å²) in [6.07, 6.45) is 0. The number of phosphoric acid groups is 2. The molecule has 0 aliphatic rings. The van der Waals surface area contributed by atoms with Crippen molar-refractivity contribution in [3.8, 4) is 0 Å². The van der Waals surface area contributed by atoms with Gasteiger partial charge in [-0.05, 0) is 0 Å². The minimum Gasteiger partial charge on any atom is -1.00 e. The Balaban J connectivity index is -0.00000000427. The molecule has 0 aliphatic heterocycles. The monoisotopic (exact) mass is 316 g/mol. The third-order valence-corrected chi connectivity index (χ3v) is 0. The van der Waals surface area contributed by atoms with Gasteiger partial charge in [-0.2, -0.15) is 0 Å². The van der Waals surface area contributed by atoms with Crippen LogP contribution in [0.3, 0.4) is 0 Å². The van der Waals surface area contributed by atoms with E-state index in [4.69, 9.17) is 38.5 Å².